The van der Waals surface area contributed by atoms with E-state index >= 15 is 0 Å². The Morgan fingerprint density at radius 1 is 1.24 bits per heavy atom. The minimum atomic E-state index is 0.154. The zero-order valence-corrected chi connectivity index (χ0v) is 15.0. The molecule has 0 atom stereocenters. The summed E-state index contributed by atoms with van der Waals surface area (Å²) in [6.07, 6.45) is 5.37. The fraction of sp³-hybridized carbons (Fsp3) is 0.579. The molecule has 1 fully saturated rings. The van der Waals surface area contributed by atoms with Crippen molar-refractivity contribution in [1.82, 2.24) is 15.5 Å². The quantitative estimate of drug-likeness (QED) is 0.625. The molecule has 1 aromatic carbocycles. The topological polar surface area (TPSA) is 66.0 Å². The first-order valence-electron chi connectivity index (χ1n) is 9.23. The normalized spacial score (nSPS) is 17.0. The van der Waals surface area contributed by atoms with Crippen molar-refractivity contribution < 1.29 is 9.53 Å². The van der Waals surface area contributed by atoms with Crippen LogP contribution in [0.2, 0.25) is 0 Å². The van der Waals surface area contributed by atoms with E-state index in [0.717, 1.165) is 57.7 Å². The highest BCUT2D eigenvalue weighted by Gasteiger charge is 2.16. The third-order valence-electron chi connectivity index (χ3n) is 4.80. The number of ether oxygens (including phenoxy) is 1. The van der Waals surface area contributed by atoms with E-state index in [0.29, 0.717) is 12.5 Å². The summed E-state index contributed by atoms with van der Waals surface area (Å²) in [6.45, 7) is 3.63. The molecule has 2 aliphatic heterocycles. The smallest absolute Gasteiger partial charge is 0.241 e. The third-order valence-corrected chi connectivity index (χ3v) is 4.80. The van der Waals surface area contributed by atoms with Crippen molar-refractivity contribution in [3.05, 3.63) is 29.3 Å². The molecule has 1 saturated heterocycles. The van der Waals surface area contributed by atoms with Gasteiger partial charge < -0.3 is 20.3 Å². The van der Waals surface area contributed by atoms with Crippen LogP contribution in [0.15, 0.2) is 23.2 Å². The molecular weight excluding hydrogens is 316 g/mol. The molecule has 1 amide bonds. The zero-order valence-electron chi connectivity index (χ0n) is 15.0. The highest BCUT2D eigenvalue weighted by Crippen LogP contribution is 2.25. The number of fused-ring (bicyclic) bond motifs is 1. The van der Waals surface area contributed by atoms with Gasteiger partial charge in [-0.2, -0.15) is 0 Å². The molecule has 0 unspecified atom stereocenters. The van der Waals surface area contributed by atoms with E-state index in [2.05, 4.69) is 33.8 Å². The van der Waals surface area contributed by atoms with Gasteiger partial charge in [0.15, 0.2) is 5.96 Å². The van der Waals surface area contributed by atoms with Crippen LogP contribution in [0.25, 0.3) is 0 Å². The lowest BCUT2D eigenvalue weighted by atomic mass is 10.1. The zero-order chi connectivity index (χ0) is 17.5. The summed E-state index contributed by atoms with van der Waals surface area (Å²) in [5, 5.41) is 6.40. The Kier molecular flexibility index (Phi) is 6.14. The fourth-order valence-electron chi connectivity index (χ4n) is 3.36. The van der Waals surface area contributed by atoms with E-state index in [4.69, 9.17) is 4.74 Å². The number of nitrogens with one attached hydrogen (secondary N) is 2. The Labute approximate surface area is 149 Å². The summed E-state index contributed by atoms with van der Waals surface area (Å²) < 4.78 is 5.54. The van der Waals surface area contributed by atoms with Crippen molar-refractivity contribution in [2.24, 2.45) is 4.99 Å². The molecule has 0 saturated carbocycles. The molecule has 2 aliphatic rings. The first-order valence-corrected chi connectivity index (χ1v) is 9.23. The lowest BCUT2D eigenvalue weighted by Gasteiger charge is -2.27. The Hall–Kier alpha value is -2.24. The van der Waals surface area contributed by atoms with Crippen LogP contribution in [0.4, 0.5) is 0 Å². The maximum absolute atomic E-state index is 12.2. The van der Waals surface area contributed by atoms with Gasteiger partial charge in [-0.05, 0) is 42.9 Å². The van der Waals surface area contributed by atoms with Crippen molar-refractivity contribution in [2.75, 3.05) is 39.8 Å². The molecule has 0 radical (unpaired) electrons. The number of likely N-dealkylation sites (tertiary alicyclic amines) is 1. The van der Waals surface area contributed by atoms with E-state index in [1.54, 1.807) is 7.05 Å². The highest BCUT2D eigenvalue weighted by atomic mass is 16.5. The number of rotatable bonds is 5. The second kappa shape index (κ2) is 8.74. The molecule has 3 rings (SSSR count). The molecule has 6 heteroatoms. The number of carbonyl (C=O) groups excluding carboxylic acids is 1. The number of hydrogen-bond acceptors (Lipinski definition) is 3. The molecule has 0 aliphatic carbocycles. The van der Waals surface area contributed by atoms with Gasteiger partial charge in [-0.3, -0.25) is 9.79 Å². The van der Waals surface area contributed by atoms with Crippen LogP contribution in [0.5, 0.6) is 5.75 Å². The molecule has 6 nitrogen and oxygen atoms in total. The molecule has 2 N–H and O–H groups in total. The number of piperidine rings is 1. The lowest BCUT2D eigenvalue weighted by Crippen LogP contribution is -2.46. The second-order valence-corrected chi connectivity index (χ2v) is 6.58. The van der Waals surface area contributed by atoms with E-state index in [9.17, 15) is 4.79 Å². The molecule has 0 spiro atoms. The van der Waals surface area contributed by atoms with Gasteiger partial charge in [0.2, 0.25) is 5.91 Å². The lowest BCUT2D eigenvalue weighted by molar-refractivity contribution is -0.130. The van der Waals surface area contributed by atoms with Crippen molar-refractivity contribution in [3.8, 4) is 5.75 Å². The van der Waals surface area contributed by atoms with Crippen LogP contribution >= 0.6 is 0 Å². The maximum atomic E-state index is 12.2. The van der Waals surface area contributed by atoms with E-state index in [1.165, 1.54) is 17.5 Å². The largest absolute Gasteiger partial charge is 0.493 e. The van der Waals surface area contributed by atoms with Gasteiger partial charge in [0.25, 0.3) is 0 Å². The van der Waals surface area contributed by atoms with Gasteiger partial charge in [0, 0.05) is 33.1 Å². The number of nitrogens with zero attached hydrogens (tertiary/aromatic N) is 2. The van der Waals surface area contributed by atoms with Gasteiger partial charge in [0.1, 0.15) is 5.75 Å². The monoisotopic (exact) mass is 344 g/mol. The van der Waals surface area contributed by atoms with Crippen molar-refractivity contribution in [3.63, 3.8) is 0 Å². The standard InChI is InChI=1S/C19H28N4O2/c1-20-19(22-14-18(24)23-10-3-2-4-11-23)21-9-7-15-5-6-17-16(13-15)8-12-25-17/h5-6,13H,2-4,7-12,14H2,1H3,(H2,20,21,22). The highest BCUT2D eigenvalue weighted by molar-refractivity contribution is 5.86. The molecular formula is C19H28N4O2. The number of guanidine groups is 1. The molecule has 0 bridgehead atoms. The van der Waals surface area contributed by atoms with Crippen LogP contribution in [-0.4, -0.2) is 56.6 Å². The van der Waals surface area contributed by atoms with Gasteiger partial charge in [0.05, 0.1) is 13.2 Å². The van der Waals surface area contributed by atoms with Gasteiger partial charge >= 0.3 is 0 Å². The average Bonchev–Trinajstić information content (AvgIpc) is 3.12. The molecule has 2 heterocycles. The van der Waals surface area contributed by atoms with E-state index in [-0.39, 0.29) is 5.91 Å². The van der Waals surface area contributed by atoms with E-state index in [1.807, 2.05) is 4.90 Å². The fourth-order valence-corrected chi connectivity index (χ4v) is 3.36. The van der Waals surface area contributed by atoms with Gasteiger partial charge in [-0.25, -0.2) is 0 Å². The van der Waals surface area contributed by atoms with Gasteiger partial charge in [-0.1, -0.05) is 12.1 Å². The van der Waals surface area contributed by atoms with Gasteiger partial charge in [-0.15, -0.1) is 0 Å². The summed E-state index contributed by atoms with van der Waals surface area (Å²) in [5.74, 6) is 1.85. The maximum Gasteiger partial charge on any atom is 0.241 e. The first kappa shape index (κ1) is 17.6. The summed E-state index contributed by atoms with van der Waals surface area (Å²) >= 11 is 0. The molecule has 136 valence electrons. The SMILES string of the molecule is CN=C(NCCc1ccc2c(c1)CCO2)NCC(=O)N1CCCCC1. The predicted octanol–water partition coefficient (Wildman–Crippen LogP) is 1.34. The molecule has 0 aromatic heterocycles. The van der Waals surface area contributed by atoms with Crippen molar-refractivity contribution >= 4 is 11.9 Å². The minimum Gasteiger partial charge on any atom is -0.493 e. The number of hydrogen-bond donors (Lipinski definition) is 2. The number of aliphatic imine (C=N–C) groups is 1. The Morgan fingerprint density at radius 2 is 2.08 bits per heavy atom. The van der Waals surface area contributed by atoms with E-state index < -0.39 is 0 Å². The van der Waals surface area contributed by atoms with Crippen LogP contribution in [0.3, 0.4) is 0 Å². The summed E-state index contributed by atoms with van der Waals surface area (Å²) in [7, 11) is 1.73. The number of amides is 1. The van der Waals surface area contributed by atoms with Crippen molar-refractivity contribution in [2.45, 2.75) is 32.1 Å². The van der Waals surface area contributed by atoms with Crippen LogP contribution in [0, 0.1) is 0 Å². The summed E-state index contributed by atoms with van der Waals surface area (Å²) in [5.41, 5.74) is 2.59. The Balaban J connectivity index is 1.39. The summed E-state index contributed by atoms with van der Waals surface area (Å²) in [4.78, 5) is 18.3. The van der Waals surface area contributed by atoms with Crippen LogP contribution < -0.4 is 15.4 Å². The number of carbonyl (C=O) groups is 1. The van der Waals surface area contributed by atoms with Crippen LogP contribution in [-0.2, 0) is 17.6 Å². The van der Waals surface area contributed by atoms with Crippen LogP contribution in [0.1, 0.15) is 30.4 Å². The van der Waals surface area contributed by atoms with Crippen molar-refractivity contribution in [1.29, 1.82) is 0 Å². The first-order chi connectivity index (χ1) is 12.3. The predicted molar refractivity (Wildman–Crippen MR) is 99.1 cm³/mol. The Morgan fingerprint density at radius 3 is 2.88 bits per heavy atom. The number of benzene rings is 1. The third kappa shape index (κ3) is 4.87. The summed E-state index contributed by atoms with van der Waals surface area (Å²) in [6, 6.07) is 6.39. The molecule has 1 aromatic rings. The average molecular weight is 344 g/mol. The minimum absolute atomic E-state index is 0.154. The molecule has 25 heavy (non-hydrogen) atoms. The Bertz CT molecular complexity index is 624. The second-order valence-electron chi connectivity index (χ2n) is 6.58.